The number of furan rings is 1. The van der Waals surface area contributed by atoms with Crippen molar-refractivity contribution in [2.75, 3.05) is 19.6 Å². The van der Waals surface area contributed by atoms with Gasteiger partial charge in [0.25, 0.3) is 5.91 Å². The molecule has 1 amide bonds. The zero-order chi connectivity index (χ0) is 22.6. The number of nitrogens with one attached hydrogen (secondary N) is 1. The number of fused-ring (bicyclic) bond motifs is 1. The molecule has 4 heterocycles. The van der Waals surface area contributed by atoms with Crippen molar-refractivity contribution in [1.82, 2.24) is 14.8 Å². The lowest BCUT2D eigenvalue weighted by atomic mass is 10.0. The van der Waals surface area contributed by atoms with Gasteiger partial charge in [-0.25, -0.2) is 4.79 Å². The van der Waals surface area contributed by atoms with Gasteiger partial charge in [-0.1, -0.05) is 0 Å². The van der Waals surface area contributed by atoms with Gasteiger partial charge in [0.2, 0.25) is 0 Å². The molecule has 4 rings (SSSR count). The molecule has 0 radical (unpaired) electrons. The fraction of sp³-hybridized carbons (Fsp3) is 0.500. The number of aliphatic carboxylic acids is 1. The monoisotopic (exact) mass is 443 g/mol. The third kappa shape index (κ3) is 6.11. The number of halogens is 3. The lowest BCUT2D eigenvalue weighted by Crippen LogP contribution is -2.34. The molecule has 0 bridgehead atoms. The number of carboxylic acid groups (broad SMARTS) is 1. The number of rotatable bonds is 5. The Hall–Kier alpha value is -2.79. The summed E-state index contributed by atoms with van der Waals surface area (Å²) >= 11 is 0. The zero-order valence-corrected chi connectivity index (χ0v) is 16.8. The molecule has 3 atom stereocenters. The Morgan fingerprint density at radius 2 is 2.00 bits per heavy atom. The first-order valence-corrected chi connectivity index (χ1v) is 9.73. The first-order chi connectivity index (χ1) is 14.6. The van der Waals surface area contributed by atoms with Crippen LogP contribution in [0.15, 0.2) is 41.1 Å². The van der Waals surface area contributed by atoms with Crippen molar-refractivity contribution in [1.29, 1.82) is 0 Å². The summed E-state index contributed by atoms with van der Waals surface area (Å²) in [5.41, 5.74) is 0.679. The zero-order valence-electron chi connectivity index (χ0n) is 16.8. The minimum atomic E-state index is -5.08. The molecule has 0 unspecified atom stereocenters. The lowest BCUT2D eigenvalue weighted by molar-refractivity contribution is -0.192. The molecular weight excluding hydrogens is 419 g/mol. The number of aryl methyl sites for hydroxylation is 1. The predicted molar refractivity (Wildman–Crippen MR) is 102 cm³/mol. The maximum atomic E-state index is 12.2. The van der Waals surface area contributed by atoms with Crippen LogP contribution in [0.25, 0.3) is 0 Å². The Morgan fingerprint density at radius 1 is 1.26 bits per heavy atom. The quantitative estimate of drug-likeness (QED) is 0.736. The molecule has 2 aromatic rings. The van der Waals surface area contributed by atoms with E-state index in [4.69, 9.17) is 19.1 Å². The van der Waals surface area contributed by atoms with Crippen molar-refractivity contribution >= 4 is 11.9 Å². The molecular formula is C20H24F3N3O5. The molecule has 0 saturated carbocycles. The van der Waals surface area contributed by atoms with Crippen molar-refractivity contribution in [3.8, 4) is 0 Å². The molecule has 170 valence electrons. The Kier molecular flexibility index (Phi) is 7.06. The van der Waals surface area contributed by atoms with E-state index in [9.17, 15) is 18.0 Å². The molecule has 11 heteroatoms. The highest BCUT2D eigenvalue weighted by Crippen LogP contribution is 2.33. The van der Waals surface area contributed by atoms with Crippen molar-refractivity contribution in [3.05, 3.63) is 48.2 Å². The molecule has 31 heavy (non-hydrogen) atoms. The molecule has 0 spiro atoms. The maximum absolute atomic E-state index is 12.2. The van der Waals surface area contributed by atoms with Gasteiger partial charge in [-0.15, -0.1) is 0 Å². The van der Waals surface area contributed by atoms with Crippen LogP contribution in [0.4, 0.5) is 13.2 Å². The van der Waals surface area contributed by atoms with E-state index in [1.54, 1.807) is 6.26 Å². The van der Waals surface area contributed by atoms with E-state index in [1.807, 2.05) is 42.1 Å². The van der Waals surface area contributed by atoms with Crippen molar-refractivity contribution in [3.63, 3.8) is 0 Å². The number of hydrogen-bond acceptors (Lipinski definition) is 5. The fourth-order valence-corrected chi connectivity index (χ4v) is 3.83. The van der Waals surface area contributed by atoms with Gasteiger partial charge in [-0.3, -0.25) is 9.69 Å². The van der Waals surface area contributed by atoms with Crippen molar-refractivity contribution < 1.29 is 37.0 Å². The van der Waals surface area contributed by atoms with Gasteiger partial charge in [0.1, 0.15) is 11.5 Å². The van der Waals surface area contributed by atoms with Gasteiger partial charge in [-0.2, -0.15) is 13.2 Å². The normalized spacial score (nSPS) is 23.2. The first kappa shape index (κ1) is 22.9. The van der Waals surface area contributed by atoms with Gasteiger partial charge in [0.05, 0.1) is 25.0 Å². The number of ether oxygens (including phenoxy) is 1. The number of carbonyl (C=O) groups excluding carboxylic acids is 1. The number of hydrogen-bond donors (Lipinski definition) is 2. The smallest absolute Gasteiger partial charge is 0.475 e. The third-order valence-corrected chi connectivity index (χ3v) is 5.26. The first-order valence-electron chi connectivity index (χ1n) is 9.73. The topological polar surface area (TPSA) is 96.9 Å². The van der Waals surface area contributed by atoms with E-state index in [2.05, 4.69) is 10.2 Å². The summed E-state index contributed by atoms with van der Waals surface area (Å²) in [5.74, 6) is -1.24. The molecule has 2 aliphatic heterocycles. The summed E-state index contributed by atoms with van der Waals surface area (Å²) in [6.07, 6.45) is -0.0909. The van der Waals surface area contributed by atoms with Crippen LogP contribution < -0.4 is 5.32 Å². The molecule has 2 fully saturated rings. The molecule has 0 aromatic carbocycles. The highest BCUT2D eigenvalue weighted by Gasteiger charge is 2.42. The number of carbonyl (C=O) groups is 2. The second-order valence-electron chi connectivity index (χ2n) is 7.58. The number of likely N-dealkylation sites (tertiary alicyclic amines) is 1. The van der Waals surface area contributed by atoms with Crippen LogP contribution >= 0.6 is 0 Å². The Bertz CT molecular complexity index is 867. The van der Waals surface area contributed by atoms with E-state index in [0.717, 1.165) is 31.8 Å². The van der Waals surface area contributed by atoms with E-state index in [1.165, 1.54) is 0 Å². The van der Waals surface area contributed by atoms with Crippen LogP contribution in [0.3, 0.4) is 0 Å². The summed E-state index contributed by atoms with van der Waals surface area (Å²) in [7, 11) is 1.87. The molecule has 0 aliphatic carbocycles. The minimum Gasteiger partial charge on any atom is -0.475 e. The van der Waals surface area contributed by atoms with E-state index >= 15 is 0 Å². The van der Waals surface area contributed by atoms with Crippen LogP contribution in [0.5, 0.6) is 0 Å². The predicted octanol–water partition coefficient (Wildman–Crippen LogP) is 2.27. The number of aromatic nitrogens is 1. The highest BCUT2D eigenvalue weighted by atomic mass is 19.4. The molecule has 2 aromatic heterocycles. The number of alkyl halides is 3. The Labute approximate surface area is 176 Å². The largest absolute Gasteiger partial charge is 0.490 e. The van der Waals surface area contributed by atoms with Crippen molar-refractivity contribution in [2.45, 2.75) is 31.3 Å². The van der Waals surface area contributed by atoms with E-state index < -0.39 is 12.1 Å². The molecule has 8 nitrogen and oxygen atoms in total. The highest BCUT2D eigenvalue weighted by molar-refractivity contribution is 5.92. The van der Waals surface area contributed by atoms with Crippen LogP contribution in [0.1, 0.15) is 22.7 Å². The number of carboxylic acids is 1. The molecule has 2 aliphatic rings. The van der Waals surface area contributed by atoms with Crippen LogP contribution in [0.2, 0.25) is 0 Å². The Morgan fingerprint density at radius 3 is 2.55 bits per heavy atom. The van der Waals surface area contributed by atoms with Gasteiger partial charge in [0, 0.05) is 38.8 Å². The summed E-state index contributed by atoms with van der Waals surface area (Å²) < 4.78 is 45.1. The average molecular weight is 443 g/mol. The summed E-state index contributed by atoms with van der Waals surface area (Å²) in [6, 6.07) is 7.64. The van der Waals surface area contributed by atoms with Crippen LogP contribution in [-0.4, -0.2) is 64.5 Å². The standard InChI is InChI=1S/C18H23N3O3.C2HF3O2/c1-20-6-2-5-16(20)18(22)19-9-15-8-13-10-21(12-17(13)24-15)11-14-4-3-7-23-14;3-2(4,5)1(6)7/h2-7,13,15,17H,8-12H2,1H3,(H,19,22);(H,6,7)/t13-,15-,17+;/m1./s1. The third-order valence-electron chi connectivity index (χ3n) is 5.26. The Balaban J connectivity index is 0.000000339. The van der Waals surface area contributed by atoms with Gasteiger partial charge >= 0.3 is 12.1 Å². The minimum absolute atomic E-state index is 0.0393. The van der Waals surface area contributed by atoms with Crippen LogP contribution in [0, 0.1) is 5.92 Å². The van der Waals surface area contributed by atoms with E-state index in [0.29, 0.717) is 18.2 Å². The molecule has 2 N–H and O–H groups in total. The van der Waals surface area contributed by atoms with E-state index in [-0.39, 0.29) is 18.1 Å². The van der Waals surface area contributed by atoms with Crippen molar-refractivity contribution in [2.24, 2.45) is 13.0 Å². The van der Waals surface area contributed by atoms with Crippen LogP contribution in [-0.2, 0) is 23.1 Å². The number of nitrogens with zero attached hydrogens (tertiary/aromatic N) is 2. The number of amides is 1. The average Bonchev–Trinajstić information content (AvgIpc) is 3.45. The molecule has 2 saturated heterocycles. The maximum Gasteiger partial charge on any atom is 0.490 e. The summed E-state index contributed by atoms with van der Waals surface area (Å²) in [6.45, 7) is 3.40. The summed E-state index contributed by atoms with van der Waals surface area (Å²) in [5, 5.41) is 10.1. The fourth-order valence-electron chi connectivity index (χ4n) is 3.83. The second-order valence-corrected chi connectivity index (χ2v) is 7.58. The second kappa shape index (κ2) is 9.56. The van der Waals surface area contributed by atoms with Gasteiger partial charge in [-0.05, 0) is 30.7 Å². The van der Waals surface area contributed by atoms with Gasteiger partial charge in [0.15, 0.2) is 0 Å². The lowest BCUT2D eigenvalue weighted by Gasteiger charge is -2.18. The summed E-state index contributed by atoms with van der Waals surface area (Å²) in [4.78, 5) is 23.4. The van der Waals surface area contributed by atoms with Gasteiger partial charge < -0.3 is 24.1 Å². The SMILES string of the molecule is Cn1cccc1C(=O)NC[C@H]1C[C@@H]2CN(Cc3ccco3)C[C@@H]2O1.O=C(O)C(F)(F)F.